The molecule has 0 saturated carbocycles. The van der Waals surface area contributed by atoms with Crippen molar-refractivity contribution in [2.45, 2.75) is 52.9 Å². The minimum absolute atomic E-state index is 0. The predicted molar refractivity (Wildman–Crippen MR) is 133 cm³/mol. The highest BCUT2D eigenvalue weighted by atomic mass is 127. The van der Waals surface area contributed by atoms with E-state index in [2.05, 4.69) is 55.7 Å². The van der Waals surface area contributed by atoms with E-state index in [0.717, 1.165) is 50.9 Å². The second-order valence-electron chi connectivity index (χ2n) is 8.18. The fourth-order valence-electron chi connectivity index (χ4n) is 3.55. The van der Waals surface area contributed by atoms with Crippen LogP contribution in [0.4, 0.5) is 0 Å². The summed E-state index contributed by atoms with van der Waals surface area (Å²) in [4.78, 5) is 19.1. The number of nitrogens with one attached hydrogen (secondary N) is 2. The SMILES string of the molecule is CCNC(=NCC1CC(=O)N(CCc2ccccc2)C1)NCCCCC(C)C.I. The molecule has 6 heteroatoms. The van der Waals surface area contributed by atoms with Crippen molar-refractivity contribution in [3.8, 4) is 0 Å². The Balaban J connectivity index is 0.00000420. The molecule has 2 N–H and O–H groups in total. The first-order valence-corrected chi connectivity index (χ1v) is 10.9. The van der Waals surface area contributed by atoms with Crippen LogP contribution < -0.4 is 10.6 Å². The van der Waals surface area contributed by atoms with Gasteiger partial charge in [-0.2, -0.15) is 0 Å². The Morgan fingerprint density at radius 3 is 2.66 bits per heavy atom. The van der Waals surface area contributed by atoms with E-state index < -0.39 is 0 Å². The number of nitrogens with zero attached hydrogens (tertiary/aromatic N) is 2. The second kappa shape index (κ2) is 14.6. The van der Waals surface area contributed by atoms with Gasteiger partial charge in [0.05, 0.1) is 0 Å². The van der Waals surface area contributed by atoms with Crippen molar-refractivity contribution >= 4 is 35.8 Å². The van der Waals surface area contributed by atoms with Gasteiger partial charge in [-0.05, 0) is 31.2 Å². The summed E-state index contributed by atoms with van der Waals surface area (Å²) in [7, 11) is 0. The molecule has 1 atom stereocenters. The summed E-state index contributed by atoms with van der Waals surface area (Å²) in [5.41, 5.74) is 1.29. The van der Waals surface area contributed by atoms with Gasteiger partial charge in [-0.1, -0.05) is 57.0 Å². The largest absolute Gasteiger partial charge is 0.357 e. The Kier molecular flexibility index (Phi) is 13.0. The van der Waals surface area contributed by atoms with Gasteiger partial charge in [0, 0.05) is 45.1 Å². The van der Waals surface area contributed by atoms with Gasteiger partial charge in [0.25, 0.3) is 0 Å². The molecule has 1 aromatic rings. The van der Waals surface area contributed by atoms with Crippen LogP contribution in [0.5, 0.6) is 0 Å². The highest BCUT2D eigenvalue weighted by Gasteiger charge is 2.28. The lowest BCUT2D eigenvalue weighted by Crippen LogP contribution is -2.38. The molecule has 1 aliphatic rings. The van der Waals surface area contributed by atoms with Crippen molar-refractivity contribution in [1.29, 1.82) is 0 Å². The Morgan fingerprint density at radius 2 is 1.97 bits per heavy atom. The smallest absolute Gasteiger partial charge is 0.223 e. The molecular weight excluding hydrogens is 475 g/mol. The number of aliphatic imine (C=N–C) groups is 1. The van der Waals surface area contributed by atoms with E-state index in [-0.39, 0.29) is 29.9 Å². The average molecular weight is 514 g/mol. The zero-order valence-corrected chi connectivity index (χ0v) is 20.7. The molecule has 2 rings (SSSR count). The van der Waals surface area contributed by atoms with Crippen molar-refractivity contribution in [3.63, 3.8) is 0 Å². The number of likely N-dealkylation sites (tertiary alicyclic amines) is 1. The molecule has 1 unspecified atom stereocenters. The molecular formula is C23H39IN4O. The fraction of sp³-hybridized carbons (Fsp3) is 0.652. The summed E-state index contributed by atoms with van der Waals surface area (Å²) in [6, 6.07) is 10.4. The zero-order valence-electron chi connectivity index (χ0n) is 18.3. The molecule has 0 bridgehead atoms. The van der Waals surface area contributed by atoms with Crippen molar-refractivity contribution < 1.29 is 4.79 Å². The fourth-order valence-corrected chi connectivity index (χ4v) is 3.55. The number of unbranched alkanes of at least 4 members (excludes halogenated alkanes) is 1. The first-order chi connectivity index (χ1) is 13.6. The zero-order chi connectivity index (χ0) is 20.2. The molecule has 0 aliphatic carbocycles. The maximum Gasteiger partial charge on any atom is 0.223 e. The normalized spacial score (nSPS) is 16.8. The standard InChI is InChI=1S/C23H38N4O.HI/c1-4-24-23(25-14-9-8-10-19(2)3)26-17-21-16-22(28)27(18-21)15-13-20-11-6-5-7-12-20;/h5-7,11-12,19,21H,4,8-10,13-18H2,1-3H3,(H2,24,25,26);1H. The molecule has 1 aromatic carbocycles. The van der Waals surface area contributed by atoms with Gasteiger partial charge in [-0.25, -0.2) is 0 Å². The number of carbonyl (C=O) groups is 1. The van der Waals surface area contributed by atoms with Gasteiger partial charge in [0.15, 0.2) is 5.96 Å². The molecule has 1 amide bonds. The number of rotatable bonds is 11. The number of guanidine groups is 1. The maximum absolute atomic E-state index is 12.3. The molecule has 1 saturated heterocycles. The third-order valence-corrected chi connectivity index (χ3v) is 5.16. The molecule has 0 spiro atoms. The van der Waals surface area contributed by atoms with E-state index in [4.69, 9.17) is 4.99 Å². The van der Waals surface area contributed by atoms with Gasteiger partial charge >= 0.3 is 0 Å². The molecule has 0 radical (unpaired) electrons. The van der Waals surface area contributed by atoms with Gasteiger partial charge in [0.2, 0.25) is 5.91 Å². The molecule has 1 aliphatic heterocycles. The summed E-state index contributed by atoms with van der Waals surface area (Å²) >= 11 is 0. The van der Waals surface area contributed by atoms with Gasteiger partial charge in [-0.15, -0.1) is 24.0 Å². The van der Waals surface area contributed by atoms with Crippen LogP contribution in [0.25, 0.3) is 0 Å². The molecule has 0 aromatic heterocycles. The Labute approximate surface area is 194 Å². The van der Waals surface area contributed by atoms with E-state index in [1.165, 1.54) is 18.4 Å². The first kappa shape index (κ1) is 25.7. The van der Waals surface area contributed by atoms with E-state index in [0.29, 0.717) is 18.9 Å². The highest BCUT2D eigenvalue weighted by Crippen LogP contribution is 2.18. The van der Waals surface area contributed by atoms with Crippen LogP contribution in [0.3, 0.4) is 0 Å². The number of halogens is 1. The summed E-state index contributed by atoms with van der Waals surface area (Å²) in [5, 5.41) is 6.74. The van der Waals surface area contributed by atoms with E-state index in [1.54, 1.807) is 0 Å². The summed E-state index contributed by atoms with van der Waals surface area (Å²) < 4.78 is 0. The van der Waals surface area contributed by atoms with Crippen LogP contribution in [0.15, 0.2) is 35.3 Å². The molecule has 1 heterocycles. The van der Waals surface area contributed by atoms with Crippen LogP contribution in [0.1, 0.15) is 52.0 Å². The van der Waals surface area contributed by atoms with E-state index in [1.807, 2.05) is 11.0 Å². The third kappa shape index (κ3) is 10.3. The summed E-state index contributed by atoms with van der Waals surface area (Å²) in [6.07, 6.45) is 5.23. The number of benzene rings is 1. The first-order valence-electron chi connectivity index (χ1n) is 10.9. The van der Waals surface area contributed by atoms with Crippen molar-refractivity contribution in [1.82, 2.24) is 15.5 Å². The van der Waals surface area contributed by atoms with Crippen molar-refractivity contribution in [2.75, 3.05) is 32.7 Å². The van der Waals surface area contributed by atoms with Crippen molar-refractivity contribution in [2.24, 2.45) is 16.8 Å². The van der Waals surface area contributed by atoms with Crippen molar-refractivity contribution in [3.05, 3.63) is 35.9 Å². The van der Waals surface area contributed by atoms with Crippen LogP contribution in [-0.4, -0.2) is 49.5 Å². The average Bonchev–Trinajstić information content (AvgIpc) is 3.04. The Hall–Kier alpha value is -1.31. The van der Waals surface area contributed by atoms with Gasteiger partial charge in [0.1, 0.15) is 0 Å². The molecule has 29 heavy (non-hydrogen) atoms. The lowest BCUT2D eigenvalue weighted by atomic mass is 10.1. The quantitative estimate of drug-likeness (QED) is 0.203. The van der Waals surface area contributed by atoms with Gasteiger partial charge in [-0.3, -0.25) is 9.79 Å². The minimum atomic E-state index is 0. The second-order valence-corrected chi connectivity index (χ2v) is 8.18. The molecule has 5 nitrogen and oxygen atoms in total. The van der Waals surface area contributed by atoms with Crippen LogP contribution in [0.2, 0.25) is 0 Å². The van der Waals surface area contributed by atoms with Crippen LogP contribution in [0, 0.1) is 11.8 Å². The third-order valence-electron chi connectivity index (χ3n) is 5.16. The highest BCUT2D eigenvalue weighted by molar-refractivity contribution is 14.0. The Morgan fingerprint density at radius 1 is 1.21 bits per heavy atom. The van der Waals surface area contributed by atoms with Gasteiger partial charge < -0.3 is 15.5 Å². The lowest BCUT2D eigenvalue weighted by Gasteiger charge is -2.16. The van der Waals surface area contributed by atoms with E-state index in [9.17, 15) is 4.79 Å². The number of hydrogen-bond donors (Lipinski definition) is 2. The minimum Gasteiger partial charge on any atom is -0.357 e. The summed E-state index contributed by atoms with van der Waals surface area (Å²) in [6.45, 7) is 10.8. The lowest BCUT2D eigenvalue weighted by molar-refractivity contribution is -0.127. The maximum atomic E-state index is 12.3. The number of carbonyl (C=O) groups excluding carboxylic acids is 1. The predicted octanol–water partition coefficient (Wildman–Crippen LogP) is 4.08. The monoisotopic (exact) mass is 514 g/mol. The Bertz CT molecular complexity index is 606. The number of amides is 1. The molecule has 164 valence electrons. The van der Waals surface area contributed by atoms with Crippen LogP contribution >= 0.6 is 24.0 Å². The van der Waals surface area contributed by atoms with E-state index >= 15 is 0 Å². The number of hydrogen-bond acceptors (Lipinski definition) is 2. The summed E-state index contributed by atoms with van der Waals surface area (Å²) in [5.74, 6) is 2.23. The van der Waals surface area contributed by atoms with Crippen LogP contribution in [-0.2, 0) is 11.2 Å². The topological polar surface area (TPSA) is 56.7 Å². The molecule has 1 fully saturated rings.